The zero-order valence-corrected chi connectivity index (χ0v) is 11.4. The first-order chi connectivity index (χ1) is 10.3. The van der Waals surface area contributed by atoms with Crippen molar-refractivity contribution in [3.63, 3.8) is 0 Å². The molecule has 0 aliphatic carbocycles. The number of pyridine rings is 1. The quantitative estimate of drug-likeness (QED) is 0.669. The van der Waals surface area contributed by atoms with Gasteiger partial charge in [0.1, 0.15) is 5.76 Å². The number of para-hydroxylation sites is 1. The molecule has 0 radical (unpaired) electrons. The molecule has 1 unspecified atom stereocenters. The van der Waals surface area contributed by atoms with E-state index in [0.29, 0.717) is 17.9 Å². The van der Waals surface area contributed by atoms with E-state index in [2.05, 4.69) is 10.3 Å². The summed E-state index contributed by atoms with van der Waals surface area (Å²) in [6, 6.07) is 12.7. The average Bonchev–Trinajstić information content (AvgIpc) is 3.02. The lowest BCUT2D eigenvalue weighted by atomic mass is 10.1. The van der Waals surface area contributed by atoms with Crippen LogP contribution in [0.4, 0.5) is 0 Å². The van der Waals surface area contributed by atoms with Crippen LogP contribution in [0.2, 0.25) is 0 Å². The summed E-state index contributed by atoms with van der Waals surface area (Å²) >= 11 is 0. The average molecular weight is 284 g/mol. The first-order valence-electron chi connectivity index (χ1n) is 6.76. The summed E-state index contributed by atoms with van der Waals surface area (Å²) in [5.41, 5.74) is 1.31. The minimum Gasteiger partial charge on any atom is -0.468 e. The highest BCUT2D eigenvalue weighted by Gasteiger charge is 2.13. The van der Waals surface area contributed by atoms with Crippen LogP contribution in [0.1, 0.15) is 17.4 Å². The van der Waals surface area contributed by atoms with Crippen LogP contribution in [-0.4, -0.2) is 16.7 Å². The lowest BCUT2D eigenvalue weighted by molar-refractivity contribution is 0.225. The summed E-state index contributed by atoms with van der Waals surface area (Å²) in [5.74, 6) is 0.648. The third-order valence-electron chi connectivity index (χ3n) is 3.44. The van der Waals surface area contributed by atoms with Crippen LogP contribution < -0.4 is 10.9 Å². The van der Waals surface area contributed by atoms with Crippen molar-refractivity contribution in [3.8, 4) is 0 Å². The molecule has 1 aromatic carbocycles. The van der Waals surface area contributed by atoms with Gasteiger partial charge in [0.25, 0.3) is 5.56 Å². The van der Waals surface area contributed by atoms with Gasteiger partial charge in [-0.1, -0.05) is 18.2 Å². The highest BCUT2D eigenvalue weighted by molar-refractivity contribution is 5.78. The number of aromatic amines is 1. The topological polar surface area (TPSA) is 78.3 Å². The molecule has 0 fully saturated rings. The van der Waals surface area contributed by atoms with Gasteiger partial charge in [-0.3, -0.25) is 4.79 Å². The number of hydrogen-bond acceptors (Lipinski definition) is 4. The largest absolute Gasteiger partial charge is 0.468 e. The second kappa shape index (κ2) is 5.95. The molecule has 0 amide bonds. The van der Waals surface area contributed by atoms with Gasteiger partial charge in [0.2, 0.25) is 0 Å². The van der Waals surface area contributed by atoms with Crippen LogP contribution in [0, 0.1) is 0 Å². The van der Waals surface area contributed by atoms with Crippen molar-refractivity contribution in [2.24, 2.45) is 0 Å². The smallest absolute Gasteiger partial charge is 0.252 e. The maximum absolute atomic E-state index is 12.0. The normalized spacial score (nSPS) is 12.6. The summed E-state index contributed by atoms with van der Waals surface area (Å²) in [7, 11) is 0. The van der Waals surface area contributed by atoms with E-state index in [1.54, 1.807) is 18.4 Å². The van der Waals surface area contributed by atoms with Gasteiger partial charge in [0.15, 0.2) is 0 Å². The second-order valence-electron chi connectivity index (χ2n) is 4.84. The molecule has 0 spiro atoms. The first-order valence-corrected chi connectivity index (χ1v) is 6.76. The lowest BCUT2D eigenvalue weighted by Gasteiger charge is -2.13. The molecule has 0 bridgehead atoms. The number of aliphatic hydroxyl groups is 1. The third kappa shape index (κ3) is 2.89. The molecule has 0 aliphatic heterocycles. The van der Waals surface area contributed by atoms with Crippen molar-refractivity contribution in [2.75, 3.05) is 6.61 Å². The van der Waals surface area contributed by atoms with Gasteiger partial charge >= 0.3 is 0 Å². The van der Waals surface area contributed by atoms with Crippen LogP contribution in [0.5, 0.6) is 0 Å². The minimum absolute atomic E-state index is 0.0982. The second-order valence-corrected chi connectivity index (χ2v) is 4.84. The lowest BCUT2D eigenvalue weighted by Crippen LogP contribution is -2.27. The Labute approximate surface area is 121 Å². The van der Waals surface area contributed by atoms with Gasteiger partial charge in [-0.05, 0) is 29.7 Å². The molecule has 3 N–H and O–H groups in total. The fourth-order valence-corrected chi connectivity index (χ4v) is 2.30. The van der Waals surface area contributed by atoms with E-state index >= 15 is 0 Å². The number of rotatable bonds is 5. The minimum atomic E-state index is -0.328. The molecule has 2 heterocycles. The maximum Gasteiger partial charge on any atom is 0.252 e. The van der Waals surface area contributed by atoms with Gasteiger partial charge in [0.05, 0.1) is 18.9 Å². The van der Waals surface area contributed by atoms with E-state index in [9.17, 15) is 9.90 Å². The van der Waals surface area contributed by atoms with Gasteiger partial charge in [-0.15, -0.1) is 0 Å². The Morgan fingerprint density at radius 1 is 1.24 bits per heavy atom. The molecule has 21 heavy (non-hydrogen) atoms. The van der Waals surface area contributed by atoms with E-state index in [1.165, 1.54) is 0 Å². The van der Waals surface area contributed by atoms with Gasteiger partial charge < -0.3 is 19.8 Å². The molecule has 0 aliphatic rings. The third-order valence-corrected chi connectivity index (χ3v) is 3.44. The molecule has 1 atom stereocenters. The van der Waals surface area contributed by atoms with E-state index < -0.39 is 0 Å². The van der Waals surface area contributed by atoms with Gasteiger partial charge in [-0.25, -0.2) is 0 Å². The number of benzene rings is 1. The van der Waals surface area contributed by atoms with E-state index in [1.807, 2.05) is 30.3 Å². The molecular formula is C16H16N2O3. The van der Waals surface area contributed by atoms with E-state index in [0.717, 1.165) is 10.9 Å². The van der Waals surface area contributed by atoms with Gasteiger partial charge in [0, 0.05) is 17.6 Å². The molecule has 3 rings (SSSR count). The molecule has 2 aromatic heterocycles. The Bertz CT molecular complexity index is 778. The molecule has 5 heteroatoms. The number of furan rings is 1. The number of hydrogen-bond donors (Lipinski definition) is 3. The van der Waals surface area contributed by atoms with Crippen molar-refractivity contribution in [3.05, 3.63) is 70.4 Å². The number of fused-ring (bicyclic) bond motifs is 1. The van der Waals surface area contributed by atoms with E-state index in [4.69, 9.17) is 4.42 Å². The predicted octanol–water partition coefficient (Wildman–Crippen LogP) is 1.94. The number of aromatic nitrogens is 1. The zero-order valence-electron chi connectivity index (χ0n) is 11.4. The van der Waals surface area contributed by atoms with Crippen LogP contribution >= 0.6 is 0 Å². The molecule has 3 aromatic rings. The van der Waals surface area contributed by atoms with Crippen molar-refractivity contribution < 1.29 is 9.52 Å². The Hall–Kier alpha value is -2.37. The molecule has 0 saturated heterocycles. The maximum atomic E-state index is 12.0. The SMILES string of the molecule is O=c1[nH]c2ccccc2cc1CNC(CO)c1ccco1. The van der Waals surface area contributed by atoms with Crippen molar-refractivity contribution in [1.82, 2.24) is 10.3 Å². The molecule has 5 nitrogen and oxygen atoms in total. The molecular weight excluding hydrogens is 268 g/mol. The fraction of sp³-hybridized carbons (Fsp3) is 0.188. The number of aliphatic hydroxyl groups excluding tert-OH is 1. The van der Waals surface area contributed by atoms with E-state index in [-0.39, 0.29) is 18.2 Å². The van der Waals surface area contributed by atoms with Crippen LogP contribution in [-0.2, 0) is 6.54 Å². The first kappa shape index (κ1) is 13.6. The molecule has 0 saturated carbocycles. The van der Waals surface area contributed by atoms with Crippen LogP contribution in [0.3, 0.4) is 0 Å². The zero-order chi connectivity index (χ0) is 14.7. The standard InChI is InChI=1S/C16H16N2O3/c19-10-14(15-6-3-7-21-15)17-9-12-8-11-4-1-2-5-13(11)18-16(12)20/h1-8,14,17,19H,9-10H2,(H,18,20). The summed E-state index contributed by atoms with van der Waals surface area (Å²) in [6.45, 7) is 0.255. The number of H-pyrrole nitrogens is 1. The summed E-state index contributed by atoms with van der Waals surface area (Å²) in [4.78, 5) is 14.9. The predicted molar refractivity (Wildman–Crippen MR) is 79.9 cm³/mol. The summed E-state index contributed by atoms with van der Waals surface area (Å²) < 4.78 is 5.27. The Morgan fingerprint density at radius 2 is 2.10 bits per heavy atom. The van der Waals surface area contributed by atoms with Crippen molar-refractivity contribution in [1.29, 1.82) is 0 Å². The monoisotopic (exact) mass is 284 g/mol. The van der Waals surface area contributed by atoms with Gasteiger partial charge in [-0.2, -0.15) is 0 Å². The summed E-state index contributed by atoms with van der Waals surface area (Å²) in [5, 5.41) is 13.5. The Balaban J connectivity index is 1.81. The molecule has 108 valence electrons. The summed E-state index contributed by atoms with van der Waals surface area (Å²) in [6.07, 6.45) is 1.56. The Morgan fingerprint density at radius 3 is 2.86 bits per heavy atom. The highest BCUT2D eigenvalue weighted by Crippen LogP contribution is 2.14. The Kier molecular flexibility index (Phi) is 3.85. The van der Waals surface area contributed by atoms with Crippen LogP contribution in [0.15, 0.2) is 57.9 Å². The van der Waals surface area contributed by atoms with Crippen molar-refractivity contribution in [2.45, 2.75) is 12.6 Å². The van der Waals surface area contributed by atoms with Crippen molar-refractivity contribution >= 4 is 10.9 Å². The fourth-order valence-electron chi connectivity index (χ4n) is 2.30. The highest BCUT2D eigenvalue weighted by atomic mass is 16.3. The number of nitrogens with one attached hydrogen (secondary N) is 2. The van der Waals surface area contributed by atoms with Crippen LogP contribution in [0.25, 0.3) is 10.9 Å².